The third kappa shape index (κ3) is 5.57. The number of hydrogen-bond donors (Lipinski definition) is 1. The lowest BCUT2D eigenvalue weighted by atomic mass is 9.86. The summed E-state index contributed by atoms with van der Waals surface area (Å²) in [5.41, 5.74) is 3.18. The maximum atomic E-state index is 14.4. The minimum absolute atomic E-state index is 0.0773. The first-order valence-electron chi connectivity index (χ1n) is 11.4. The number of aryl methyl sites for hydroxylation is 1. The number of ether oxygens (including phenoxy) is 1. The minimum atomic E-state index is -0.242. The first-order chi connectivity index (χ1) is 16.0. The lowest BCUT2D eigenvalue weighted by molar-refractivity contribution is 0.0887. The summed E-state index contributed by atoms with van der Waals surface area (Å²) in [7, 11) is 1.54. The molecule has 4 rings (SSSR count). The van der Waals surface area contributed by atoms with Gasteiger partial charge in [0.15, 0.2) is 0 Å². The van der Waals surface area contributed by atoms with Crippen LogP contribution in [0.3, 0.4) is 0 Å². The minimum Gasteiger partial charge on any atom is -0.497 e. The van der Waals surface area contributed by atoms with E-state index in [9.17, 15) is 9.18 Å². The van der Waals surface area contributed by atoms with Gasteiger partial charge in [-0.05, 0) is 68.6 Å². The lowest BCUT2D eigenvalue weighted by Crippen LogP contribution is -2.41. The molecule has 5 nitrogen and oxygen atoms in total. The largest absolute Gasteiger partial charge is 0.497 e. The highest BCUT2D eigenvalue weighted by Crippen LogP contribution is 2.31. The molecule has 0 radical (unpaired) electrons. The van der Waals surface area contributed by atoms with Crippen molar-refractivity contribution < 1.29 is 13.9 Å². The molecule has 0 aliphatic carbocycles. The van der Waals surface area contributed by atoms with E-state index >= 15 is 0 Å². The number of benzene rings is 2. The van der Waals surface area contributed by atoms with E-state index in [0.717, 1.165) is 37.2 Å². The van der Waals surface area contributed by atoms with E-state index in [4.69, 9.17) is 4.74 Å². The Hall–Kier alpha value is -3.25. The Kier molecular flexibility index (Phi) is 7.35. The molecule has 1 fully saturated rings. The van der Waals surface area contributed by atoms with Crippen molar-refractivity contribution in [2.75, 3.05) is 20.2 Å². The predicted molar refractivity (Wildman–Crippen MR) is 127 cm³/mol. The SMILES string of the molecule is COc1ccc(CN2CCC(C(NC(=O)c3ccccc3C)c3ccccn3)CC2)c(F)c1. The summed E-state index contributed by atoms with van der Waals surface area (Å²) >= 11 is 0. The quantitative estimate of drug-likeness (QED) is 0.559. The third-order valence-electron chi connectivity index (χ3n) is 6.44. The first kappa shape index (κ1) is 22.9. The van der Waals surface area contributed by atoms with Crippen LogP contribution >= 0.6 is 0 Å². The Balaban J connectivity index is 1.44. The topological polar surface area (TPSA) is 54.5 Å². The molecule has 1 aliphatic rings. The van der Waals surface area contributed by atoms with Crippen molar-refractivity contribution >= 4 is 5.91 Å². The molecule has 1 saturated heterocycles. The summed E-state index contributed by atoms with van der Waals surface area (Å²) < 4.78 is 19.5. The van der Waals surface area contributed by atoms with Crippen LogP contribution in [0.1, 0.15) is 46.1 Å². The molecule has 172 valence electrons. The van der Waals surface area contributed by atoms with Crippen molar-refractivity contribution in [3.05, 3.63) is 95.1 Å². The number of amides is 1. The fraction of sp³-hybridized carbons (Fsp3) is 0.333. The number of methoxy groups -OCH3 is 1. The molecular formula is C27H30FN3O2. The van der Waals surface area contributed by atoms with Crippen LogP contribution in [-0.2, 0) is 6.54 Å². The van der Waals surface area contributed by atoms with Crippen LogP contribution in [-0.4, -0.2) is 36.0 Å². The van der Waals surface area contributed by atoms with E-state index in [2.05, 4.69) is 15.2 Å². The molecule has 0 bridgehead atoms. The number of halogens is 1. The number of aromatic nitrogens is 1. The van der Waals surface area contributed by atoms with Crippen molar-refractivity contribution in [3.63, 3.8) is 0 Å². The highest BCUT2D eigenvalue weighted by atomic mass is 19.1. The molecule has 2 aromatic carbocycles. The van der Waals surface area contributed by atoms with E-state index in [1.807, 2.05) is 49.4 Å². The molecule has 1 aliphatic heterocycles. The molecule has 33 heavy (non-hydrogen) atoms. The van der Waals surface area contributed by atoms with E-state index in [1.165, 1.54) is 13.2 Å². The monoisotopic (exact) mass is 447 g/mol. The summed E-state index contributed by atoms with van der Waals surface area (Å²) in [6, 6.07) is 18.3. The number of piperidine rings is 1. The van der Waals surface area contributed by atoms with Gasteiger partial charge < -0.3 is 10.1 Å². The van der Waals surface area contributed by atoms with Crippen LogP contribution in [0, 0.1) is 18.7 Å². The maximum Gasteiger partial charge on any atom is 0.252 e. The fourth-order valence-electron chi connectivity index (χ4n) is 4.51. The normalized spacial score (nSPS) is 15.7. The van der Waals surface area contributed by atoms with Crippen LogP contribution in [0.15, 0.2) is 66.9 Å². The van der Waals surface area contributed by atoms with Gasteiger partial charge in [0.1, 0.15) is 11.6 Å². The van der Waals surface area contributed by atoms with Gasteiger partial charge in [0.05, 0.1) is 18.8 Å². The molecule has 1 atom stereocenters. The second-order valence-electron chi connectivity index (χ2n) is 8.59. The van der Waals surface area contributed by atoms with Gasteiger partial charge in [0.25, 0.3) is 5.91 Å². The van der Waals surface area contributed by atoms with Crippen LogP contribution in [0.4, 0.5) is 4.39 Å². The summed E-state index contributed by atoms with van der Waals surface area (Å²) in [4.78, 5) is 19.9. The van der Waals surface area contributed by atoms with Crippen LogP contribution in [0.25, 0.3) is 0 Å². The highest BCUT2D eigenvalue weighted by molar-refractivity contribution is 5.95. The van der Waals surface area contributed by atoms with E-state index in [0.29, 0.717) is 23.4 Å². The van der Waals surface area contributed by atoms with Crippen molar-refractivity contribution in [2.24, 2.45) is 5.92 Å². The molecule has 3 aromatic rings. The van der Waals surface area contributed by atoms with Crippen molar-refractivity contribution in [1.82, 2.24) is 15.2 Å². The van der Waals surface area contributed by atoms with Gasteiger partial charge in [-0.3, -0.25) is 14.7 Å². The number of hydrogen-bond acceptors (Lipinski definition) is 4. The van der Waals surface area contributed by atoms with Crippen LogP contribution in [0.2, 0.25) is 0 Å². The molecule has 1 aromatic heterocycles. The predicted octanol–water partition coefficient (Wildman–Crippen LogP) is 4.92. The number of nitrogens with one attached hydrogen (secondary N) is 1. The number of nitrogens with zero attached hydrogens (tertiary/aromatic N) is 2. The number of likely N-dealkylation sites (tertiary alicyclic amines) is 1. The smallest absolute Gasteiger partial charge is 0.252 e. The molecule has 1 amide bonds. The van der Waals surface area contributed by atoms with Gasteiger partial charge in [-0.2, -0.15) is 0 Å². The summed E-state index contributed by atoms with van der Waals surface area (Å²) in [6.45, 7) is 4.17. The molecule has 2 heterocycles. The average Bonchev–Trinajstić information content (AvgIpc) is 2.85. The molecule has 0 spiro atoms. The molecular weight excluding hydrogens is 417 g/mol. The first-order valence-corrected chi connectivity index (χ1v) is 11.4. The number of carbonyl (C=O) groups is 1. The maximum absolute atomic E-state index is 14.4. The summed E-state index contributed by atoms with van der Waals surface area (Å²) in [5, 5.41) is 3.25. The highest BCUT2D eigenvalue weighted by Gasteiger charge is 2.30. The van der Waals surface area contributed by atoms with E-state index < -0.39 is 0 Å². The number of pyridine rings is 1. The standard InChI is InChI=1S/C27H30FN3O2/c1-19-7-3-4-8-23(19)27(32)30-26(25-9-5-6-14-29-25)20-12-15-31(16-13-20)18-21-10-11-22(33-2)17-24(21)28/h3-11,14,17,20,26H,12-13,15-16,18H2,1-2H3,(H,30,32). The van der Waals surface area contributed by atoms with Gasteiger partial charge in [-0.25, -0.2) is 4.39 Å². The Morgan fingerprint density at radius 1 is 1.15 bits per heavy atom. The van der Waals surface area contributed by atoms with Crippen molar-refractivity contribution in [1.29, 1.82) is 0 Å². The summed E-state index contributed by atoms with van der Waals surface area (Å²) in [5.74, 6) is 0.460. The number of rotatable bonds is 7. The van der Waals surface area contributed by atoms with Gasteiger partial charge >= 0.3 is 0 Å². The van der Waals surface area contributed by atoms with Crippen molar-refractivity contribution in [2.45, 2.75) is 32.4 Å². The Bertz CT molecular complexity index is 1080. The summed E-state index contributed by atoms with van der Waals surface area (Å²) in [6.07, 6.45) is 3.56. The fourth-order valence-corrected chi connectivity index (χ4v) is 4.51. The lowest BCUT2D eigenvalue weighted by Gasteiger charge is -2.36. The Labute approximate surface area is 194 Å². The Morgan fingerprint density at radius 2 is 1.91 bits per heavy atom. The molecule has 6 heteroatoms. The molecule has 0 saturated carbocycles. The zero-order valence-corrected chi connectivity index (χ0v) is 19.1. The number of carbonyl (C=O) groups excluding carboxylic acids is 1. The molecule has 1 N–H and O–H groups in total. The van der Waals surface area contributed by atoms with Crippen LogP contribution < -0.4 is 10.1 Å². The van der Waals surface area contributed by atoms with Gasteiger partial charge in [0, 0.05) is 29.9 Å². The third-order valence-corrected chi connectivity index (χ3v) is 6.44. The van der Waals surface area contributed by atoms with Crippen LogP contribution in [0.5, 0.6) is 5.75 Å². The second kappa shape index (κ2) is 10.6. The molecule has 1 unspecified atom stereocenters. The van der Waals surface area contributed by atoms with Gasteiger partial charge in [-0.1, -0.05) is 30.3 Å². The van der Waals surface area contributed by atoms with E-state index in [1.54, 1.807) is 18.3 Å². The Morgan fingerprint density at radius 3 is 2.58 bits per heavy atom. The van der Waals surface area contributed by atoms with Crippen molar-refractivity contribution in [3.8, 4) is 5.75 Å². The van der Waals surface area contributed by atoms with E-state index in [-0.39, 0.29) is 23.7 Å². The van der Waals surface area contributed by atoms with Gasteiger partial charge in [-0.15, -0.1) is 0 Å². The zero-order chi connectivity index (χ0) is 23.2. The van der Waals surface area contributed by atoms with Gasteiger partial charge in [0.2, 0.25) is 0 Å². The second-order valence-corrected chi connectivity index (χ2v) is 8.59. The zero-order valence-electron chi connectivity index (χ0n) is 19.1. The average molecular weight is 448 g/mol.